The standard InChI is InChI=1S/C19H15ClF2N10O/c1-7(27-16-8(6-23)15(24)29-19(25)30-16)17-28-10-3-2-9(20)12(14(21)22)13(10)18(33)32(17)11-4-5-26-31-11/h2-5,7,14H,1H3,(H,26,31)(H5,24,25,27,29,30). The van der Waals surface area contributed by atoms with Gasteiger partial charge in [-0.3, -0.25) is 9.89 Å². The Bertz CT molecular complexity index is 1460. The molecule has 0 aliphatic rings. The molecular formula is C19H15ClF2N10O. The third-order valence-corrected chi connectivity index (χ3v) is 5.13. The summed E-state index contributed by atoms with van der Waals surface area (Å²) in [5, 5.41) is 18.2. The number of fused-ring (bicyclic) bond motifs is 1. The first-order valence-electron chi connectivity index (χ1n) is 9.35. The summed E-state index contributed by atoms with van der Waals surface area (Å²) in [7, 11) is 0. The average Bonchev–Trinajstić information content (AvgIpc) is 3.27. The van der Waals surface area contributed by atoms with Crippen LogP contribution in [0.15, 0.2) is 29.2 Å². The van der Waals surface area contributed by atoms with Gasteiger partial charge in [-0.25, -0.2) is 18.3 Å². The highest BCUT2D eigenvalue weighted by Crippen LogP contribution is 2.33. The van der Waals surface area contributed by atoms with E-state index in [1.807, 2.05) is 6.07 Å². The number of nitriles is 1. The van der Waals surface area contributed by atoms with Crippen molar-refractivity contribution >= 4 is 40.1 Å². The van der Waals surface area contributed by atoms with Crippen LogP contribution in [0.1, 0.15) is 36.3 Å². The molecule has 4 aromatic rings. The largest absolute Gasteiger partial charge is 0.382 e. The van der Waals surface area contributed by atoms with Gasteiger partial charge in [-0.2, -0.15) is 20.3 Å². The van der Waals surface area contributed by atoms with Gasteiger partial charge in [0.1, 0.15) is 29.1 Å². The maximum absolute atomic E-state index is 13.8. The Balaban J connectivity index is 1.97. The van der Waals surface area contributed by atoms with Gasteiger partial charge in [-0.05, 0) is 19.1 Å². The van der Waals surface area contributed by atoms with Gasteiger partial charge in [-0.15, -0.1) is 0 Å². The summed E-state index contributed by atoms with van der Waals surface area (Å²) in [6, 6.07) is 5.20. The number of aromatic amines is 1. The van der Waals surface area contributed by atoms with Crippen LogP contribution in [0.4, 0.5) is 26.4 Å². The minimum Gasteiger partial charge on any atom is -0.382 e. The molecule has 0 fully saturated rings. The Morgan fingerprint density at radius 2 is 2.00 bits per heavy atom. The van der Waals surface area contributed by atoms with Gasteiger partial charge >= 0.3 is 0 Å². The van der Waals surface area contributed by atoms with E-state index in [0.717, 1.165) is 4.57 Å². The predicted octanol–water partition coefficient (Wildman–Crippen LogP) is 2.70. The van der Waals surface area contributed by atoms with Crippen molar-refractivity contribution in [1.82, 2.24) is 29.7 Å². The van der Waals surface area contributed by atoms with Crippen LogP contribution < -0.4 is 22.3 Å². The van der Waals surface area contributed by atoms with Crippen molar-refractivity contribution in [3.05, 3.63) is 56.7 Å². The number of nitrogens with one attached hydrogen (secondary N) is 2. The molecule has 0 aliphatic heterocycles. The molecular weight excluding hydrogens is 458 g/mol. The normalized spacial score (nSPS) is 12.1. The van der Waals surface area contributed by atoms with Gasteiger partial charge < -0.3 is 16.8 Å². The van der Waals surface area contributed by atoms with Gasteiger partial charge in [-0.1, -0.05) is 11.6 Å². The summed E-state index contributed by atoms with van der Waals surface area (Å²) < 4.78 is 28.6. The van der Waals surface area contributed by atoms with E-state index >= 15 is 0 Å². The molecule has 0 saturated heterocycles. The van der Waals surface area contributed by atoms with Gasteiger partial charge in [0.2, 0.25) is 5.95 Å². The number of H-pyrrole nitrogens is 1. The molecule has 1 aromatic carbocycles. The number of rotatable bonds is 5. The lowest BCUT2D eigenvalue weighted by molar-refractivity contribution is 0.153. The molecule has 0 aliphatic carbocycles. The van der Waals surface area contributed by atoms with Crippen LogP contribution in [0, 0.1) is 11.3 Å². The fraction of sp³-hybridized carbons (Fsp3) is 0.158. The fourth-order valence-corrected chi connectivity index (χ4v) is 3.62. The molecule has 14 heteroatoms. The van der Waals surface area contributed by atoms with E-state index in [1.54, 1.807) is 6.92 Å². The van der Waals surface area contributed by atoms with Crippen LogP contribution in [-0.4, -0.2) is 29.7 Å². The van der Waals surface area contributed by atoms with Crippen molar-refractivity contribution in [1.29, 1.82) is 5.26 Å². The molecule has 0 bridgehead atoms. The second-order valence-electron chi connectivity index (χ2n) is 6.88. The van der Waals surface area contributed by atoms with E-state index in [2.05, 4.69) is 30.5 Å². The van der Waals surface area contributed by atoms with Crippen molar-refractivity contribution in [2.75, 3.05) is 16.8 Å². The van der Waals surface area contributed by atoms with Crippen LogP contribution in [0.25, 0.3) is 16.7 Å². The Morgan fingerprint density at radius 3 is 2.64 bits per heavy atom. The maximum Gasteiger partial charge on any atom is 0.267 e. The Morgan fingerprint density at radius 1 is 1.24 bits per heavy atom. The molecule has 1 atom stereocenters. The lowest BCUT2D eigenvalue weighted by Crippen LogP contribution is -2.28. The molecule has 3 aromatic heterocycles. The average molecular weight is 473 g/mol. The quantitative estimate of drug-likeness (QED) is 0.340. The molecule has 1 unspecified atom stereocenters. The topological polar surface area (TPSA) is 177 Å². The summed E-state index contributed by atoms with van der Waals surface area (Å²) in [4.78, 5) is 25.6. The monoisotopic (exact) mass is 472 g/mol. The number of nitrogens with zero attached hydrogens (tertiary/aromatic N) is 6. The van der Waals surface area contributed by atoms with Crippen molar-refractivity contribution < 1.29 is 8.78 Å². The number of aromatic nitrogens is 6. The summed E-state index contributed by atoms with van der Waals surface area (Å²) in [5.41, 5.74) is 9.95. The van der Waals surface area contributed by atoms with Crippen LogP contribution in [0.2, 0.25) is 5.02 Å². The third kappa shape index (κ3) is 3.76. The molecule has 3 heterocycles. The minimum atomic E-state index is -3.00. The van der Waals surface area contributed by atoms with Gasteiger partial charge in [0.15, 0.2) is 5.82 Å². The Kier molecular flexibility index (Phi) is 5.52. The summed E-state index contributed by atoms with van der Waals surface area (Å²) >= 11 is 5.96. The third-order valence-electron chi connectivity index (χ3n) is 4.80. The van der Waals surface area contributed by atoms with E-state index in [4.69, 9.17) is 23.1 Å². The number of nitrogen functional groups attached to an aromatic ring is 2. The second-order valence-corrected chi connectivity index (χ2v) is 7.28. The predicted molar refractivity (Wildman–Crippen MR) is 117 cm³/mol. The molecule has 33 heavy (non-hydrogen) atoms. The van der Waals surface area contributed by atoms with Crippen molar-refractivity contribution in [2.45, 2.75) is 19.4 Å². The van der Waals surface area contributed by atoms with Gasteiger partial charge in [0.25, 0.3) is 12.0 Å². The van der Waals surface area contributed by atoms with Crippen molar-refractivity contribution in [3.63, 3.8) is 0 Å². The van der Waals surface area contributed by atoms with Gasteiger partial charge in [0, 0.05) is 6.07 Å². The molecule has 4 rings (SSSR count). The minimum absolute atomic E-state index is 0.0151. The molecule has 0 spiro atoms. The first-order chi connectivity index (χ1) is 15.7. The highest BCUT2D eigenvalue weighted by Gasteiger charge is 2.25. The SMILES string of the molecule is CC(Nc1nc(N)nc(N)c1C#N)c1nc2ccc(Cl)c(C(F)F)c2c(=O)n1-c1ccn[nH]1. The van der Waals surface area contributed by atoms with Crippen molar-refractivity contribution in [3.8, 4) is 11.9 Å². The van der Waals surface area contributed by atoms with E-state index in [1.165, 1.54) is 24.4 Å². The zero-order valence-electron chi connectivity index (χ0n) is 16.8. The summed E-state index contributed by atoms with van der Waals surface area (Å²) in [6.45, 7) is 1.63. The van der Waals surface area contributed by atoms with E-state index in [9.17, 15) is 18.8 Å². The van der Waals surface area contributed by atoms with Gasteiger partial charge in [0.05, 0.1) is 33.7 Å². The van der Waals surface area contributed by atoms with Crippen LogP contribution >= 0.6 is 11.6 Å². The first-order valence-corrected chi connectivity index (χ1v) is 9.73. The van der Waals surface area contributed by atoms with Crippen LogP contribution in [0.3, 0.4) is 0 Å². The molecule has 6 N–H and O–H groups in total. The maximum atomic E-state index is 13.8. The fourth-order valence-electron chi connectivity index (χ4n) is 3.38. The number of alkyl halides is 2. The zero-order chi connectivity index (χ0) is 23.9. The molecule has 0 amide bonds. The molecule has 0 radical (unpaired) electrons. The lowest BCUT2D eigenvalue weighted by atomic mass is 10.1. The smallest absolute Gasteiger partial charge is 0.267 e. The number of hydrogen-bond donors (Lipinski definition) is 4. The Labute approximate surface area is 189 Å². The first kappa shape index (κ1) is 21.9. The number of nitrogens with two attached hydrogens (primary N) is 2. The summed E-state index contributed by atoms with van der Waals surface area (Å²) in [6.07, 6.45) is -1.61. The van der Waals surface area contributed by atoms with E-state index < -0.39 is 23.6 Å². The number of hydrogen-bond acceptors (Lipinski definition) is 9. The van der Waals surface area contributed by atoms with Crippen LogP contribution in [0.5, 0.6) is 0 Å². The highest BCUT2D eigenvalue weighted by molar-refractivity contribution is 6.32. The van der Waals surface area contributed by atoms with Crippen molar-refractivity contribution in [2.24, 2.45) is 0 Å². The molecule has 0 saturated carbocycles. The molecule has 11 nitrogen and oxygen atoms in total. The number of benzene rings is 1. The van der Waals surface area contributed by atoms with E-state index in [0.29, 0.717) is 0 Å². The summed E-state index contributed by atoms with van der Waals surface area (Å²) in [5.74, 6) is 0.00692. The zero-order valence-corrected chi connectivity index (χ0v) is 17.6. The van der Waals surface area contributed by atoms with Crippen LogP contribution in [-0.2, 0) is 0 Å². The number of halogens is 3. The van der Waals surface area contributed by atoms with E-state index in [-0.39, 0.29) is 50.7 Å². The molecule has 168 valence electrons. The second kappa shape index (κ2) is 8.32. The Hall–Kier alpha value is -4.31. The number of anilines is 3. The lowest BCUT2D eigenvalue weighted by Gasteiger charge is -2.20. The highest BCUT2D eigenvalue weighted by atomic mass is 35.5.